The third-order valence-corrected chi connectivity index (χ3v) is 2.34. The molecule has 18 heavy (non-hydrogen) atoms. The van der Waals surface area contributed by atoms with Gasteiger partial charge in [-0.05, 0) is 24.6 Å². The summed E-state index contributed by atoms with van der Waals surface area (Å²) in [5, 5.41) is 11.1. The molecule has 0 spiro atoms. The molecule has 0 saturated heterocycles. The van der Waals surface area contributed by atoms with Crippen molar-refractivity contribution in [1.82, 2.24) is 0 Å². The van der Waals surface area contributed by atoms with E-state index in [0.29, 0.717) is 11.4 Å². The lowest BCUT2D eigenvalue weighted by atomic mass is 10.1. The highest BCUT2D eigenvalue weighted by atomic mass is 16.5. The predicted molar refractivity (Wildman–Crippen MR) is 66.6 cm³/mol. The molecule has 1 atom stereocenters. The van der Waals surface area contributed by atoms with Crippen molar-refractivity contribution in [3.05, 3.63) is 23.8 Å². The fourth-order valence-corrected chi connectivity index (χ4v) is 1.43. The SMILES string of the molecule is COc1ccc(C)cc1NC(=O)C(N)CC(=O)O. The van der Waals surface area contributed by atoms with Crippen LogP contribution in [0, 0.1) is 6.92 Å². The van der Waals surface area contributed by atoms with Gasteiger partial charge in [-0.2, -0.15) is 0 Å². The summed E-state index contributed by atoms with van der Waals surface area (Å²) in [6.07, 6.45) is -0.417. The Hall–Kier alpha value is -2.08. The van der Waals surface area contributed by atoms with E-state index in [1.165, 1.54) is 7.11 Å². The van der Waals surface area contributed by atoms with E-state index in [0.717, 1.165) is 5.56 Å². The first kappa shape index (κ1) is 14.0. The second kappa shape index (κ2) is 6.02. The molecule has 6 heteroatoms. The van der Waals surface area contributed by atoms with Gasteiger partial charge in [0.1, 0.15) is 5.75 Å². The number of aryl methyl sites for hydroxylation is 1. The standard InChI is InChI=1S/C12H16N2O4/c1-7-3-4-10(18-2)9(5-7)14-12(17)8(13)6-11(15)16/h3-5,8H,6,13H2,1-2H3,(H,14,17)(H,15,16). The number of amides is 1. The van der Waals surface area contributed by atoms with Crippen molar-refractivity contribution < 1.29 is 19.4 Å². The van der Waals surface area contributed by atoms with Crippen LogP contribution in [0.15, 0.2) is 18.2 Å². The number of hydrogen-bond acceptors (Lipinski definition) is 4. The first-order valence-electron chi connectivity index (χ1n) is 5.37. The minimum atomic E-state index is -1.12. The summed E-state index contributed by atoms with van der Waals surface area (Å²) in [5.74, 6) is -1.17. The lowest BCUT2D eigenvalue weighted by Gasteiger charge is -2.13. The first-order chi connectivity index (χ1) is 8.43. The van der Waals surface area contributed by atoms with Crippen LogP contribution in [0.2, 0.25) is 0 Å². The van der Waals surface area contributed by atoms with Gasteiger partial charge in [-0.15, -0.1) is 0 Å². The zero-order valence-corrected chi connectivity index (χ0v) is 10.3. The van der Waals surface area contributed by atoms with E-state index in [1.807, 2.05) is 13.0 Å². The third kappa shape index (κ3) is 3.74. The Bertz CT molecular complexity index is 459. The van der Waals surface area contributed by atoms with Crippen LogP contribution in [-0.4, -0.2) is 30.1 Å². The summed E-state index contributed by atoms with van der Waals surface area (Å²) < 4.78 is 5.09. The van der Waals surface area contributed by atoms with Crippen molar-refractivity contribution in [2.75, 3.05) is 12.4 Å². The number of methoxy groups -OCH3 is 1. The third-order valence-electron chi connectivity index (χ3n) is 2.34. The van der Waals surface area contributed by atoms with Crippen molar-refractivity contribution in [2.45, 2.75) is 19.4 Å². The molecule has 0 aliphatic rings. The van der Waals surface area contributed by atoms with Crippen LogP contribution in [0.3, 0.4) is 0 Å². The number of nitrogens with one attached hydrogen (secondary N) is 1. The molecular weight excluding hydrogens is 236 g/mol. The highest BCUT2D eigenvalue weighted by molar-refractivity contribution is 5.97. The number of rotatable bonds is 5. The summed E-state index contributed by atoms with van der Waals surface area (Å²) in [6.45, 7) is 1.87. The van der Waals surface area contributed by atoms with Crippen molar-refractivity contribution >= 4 is 17.6 Å². The molecule has 1 aromatic rings. The zero-order chi connectivity index (χ0) is 13.7. The second-order valence-electron chi connectivity index (χ2n) is 3.90. The van der Waals surface area contributed by atoms with Gasteiger partial charge in [0.2, 0.25) is 5.91 Å². The average Bonchev–Trinajstić information content (AvgIpc) is 2.28. The maximum atomic E-state index is 11.7. The van der Waals surface area contributed by atoms with Crippen LogP contribution >= 0.6 is 0 Å². The van der Waals surface area contributed by atoms with Crippen molar-refractivity contribution in [3.8, 4) is 5.75 Å². The Morgan fingerprint density at radius 2 is 2.17 bits per heavy atom. The number of benzene rings is 1. The highest BCUT2D eigenvalue weighted by Crippen LogP contribution is 2.25. The molecule has 0 saturated carbocycles. The molecule has 98 valence electrons. The van der Waals surface area contributed by atoms with Gasteiger partial charge in [-0.3, -0.25) is 9.59 Å². The number of anilines is 1. The summed E-state index contributed by atoms with van der Waals surface area (Å²) in [4.78, 5) is 22.1. The number of nitrogens with two attached hydrogens (primary N) is 1. The average molecular weight is 252 g/mol. The van der Waals surface area contributed by atoms with E-state index >= 15 is 0 Å². The van der Waals surface area contributed by atoms with Crippen LogP contribution in [0.4, 0.5) is 5.69 Å². The summed E-state index contributed by atoms with van der Waals surface area (Å²) in [7, 11) is 1.48. The number of aliphatic carboxylic acids is 1. The van der Waals surface area contributed by atoms with Crippen molar-refractivity contribution in [3.63, 3.8) is 0 Å². The van der Waals surface area contributed by atoms with Gasteiger partial charge in [0.05, 0.1) is 25.3 Å². The number of carboxylic acids is 1. The number of hydrogen-bond donors (Lipinski definition) is 3. The molecule has 1 amide bonds. The molecular formula is C12H16N2O4. The maximum Gasteiger partial charge on any atom is 0.305 e. The quantitative estimate of drug-likeness (QED) is 0.717. The van der Waals surface area contributed by atoms with Crippen LogP contribution in [0.1, 0.15) is 12.0 Å². The number of carbonyl (C=O) groups is 2. The number of carboxylic acid groups (broad SMARTS) is 1. The molecule has 4 N–H and O–H groups in total. The Kier molecular flexibility index (Phi) is 4.67. The molecule has 0 fully saturated rings. The van der Waals surface area contributed by atoms with Gasteiger partial charge in [0.15, 0.2) is 0 Å². The smallest absolute Gasteiger partial charge is 0.305 e. The Morgan fingerprint density at radius 3 is 2.72 bits per heavy atom. The topological polar surface area (TPSA) is 102 Å². The van der Waals surface area contributed by atoms with Crippen molar-refractivity contribution in [2.24, 2.45) is 5.73 Å². The van der Waals surface area contributed by atoms with E-state index in [2.05, 4.69) is 5.32 Å². The largest absolute Gasteiger partial charge is 0.495 e. The molecule has 1 aromatic carbocycles. The summed E-state index contributed by atoms with van der Waals surface area (Å²) in [6, 6.07) is 4.19. The summed E-state index contributed by atoms with van der Waals surface area (Å²) in [5.41, 5.74) is 6.88. The second-order valence-corrected chi connectivity index (χ2v) is 3.90. The van der Waals surface area contributed by atoms with Crippen LogP contribution in [0.5, 0.6) is 5.75 Å². The van der Waals surface area contributed by atoms with Crippen LogP contribution in [0.25, 0.3) is 0 Å². The van der Waals surface area contributed by atoms with E-state index in [4.69, 9.17) is 15.6 Å². The molecule has 0 radical (unpaired) electrons. The normalized spacial score (nSPS) is 11.7. The molecule has 0 bridgehead atoms. The van der Waals surface area contributed by atoms with Gasteiger partial charge in [0.25, 0.3) is 0 Å². The van der Waals surface area contributed by atoms with E-state index in [9.17, 15) is 9.59 Å². The van der Waals surface area contributed by atoms with Crippen molar-refractivity contribution in [1.29, 1.82) is 0 Å². The fraction of sp³-hybridized carbons (Fsp3) is 0.333. The number of carbonyl (C=O) groups excluding carboxylic acids is 1. The van der Waals surface area contributed by atoms with E-state index < -0.39 is 24.3 Å². The minimum Gasteiger partial charge on any atom is -0.495 e. The maximum absolute atomic E-state index is 11.7. The van der Waals surface area contributed by atoms with E-state index in [1.54, 1.807) is 12.1 Å². The molecule has 6 nitrogen and oxygen atoms in total. The van der Waals surface area contributed by atoms with Gasteiger partial charge in [-0.25, -0.2) is 0 Å². The predicted octanol–water partition coefficient (Wildman–Crippen LogP) is 0.744. The molecule has 0 aliphatic heterocycles. The Morgan fingerprint density at radius 1 is 1.50 bits per heavy atom. The monoisotopic (exact) mass is 252 g/mol. The lowest BCUT2D eigenvalue weighted by molar-refractivity contribution is -0.138. The van der Waals surface area contributed by atoms with Crippen LogP contribution < -0.4 is 15.8 Å². The summed E-state index contributed by atoms with van der Waals surface area (Å²) >= 11 is 0. The van der Waals surface area contributed by atoms with E-state index in [-0.39, 0.29) is 0 Å². The molecule has 0 heterocycles. The lowest BCUT2D eigenvalue weighted by Crippen LogP contribution is -2.37. The fourth-order valence-electron chi connectivity index (χ4n) is 1.43. The van der Waals surface area contributed by atoms with Crippen LogP contribution in [-0.2, 0) is 9.59 Å². The van der Waals surface area contributed by atoms with Gasteiger partial charge >= 0.3 is 5.97 Å². The highest BCUT2D eigenvalue weighted by Gasteiger charge is 2.18. The van der Waals surface area contributed by atoms with Gasteiger partial charge in [0, 0.05) is 0 Å². The molecule has 1 rings (SSSR count). The Labute approximate surface area is 105 Å². The molecule has 0 aromatic heterocycles. The first-order valence-corrected chi connectivity index (χ1v) is 5.37. The molecule has 0 aliphatic carbocycles. The van der Waals surface area contributed by atoms with Gasteiger partial charge in [-0.1, -0.05) is 6.07 Å². The Balaban J connectivity index is 2.80. The van der Waals surface area contributed by atoms with Gasteiger partial charge < -0.3 is 20.9 Å². The minimum absolute atomic E-state index is 0.417. The number of ether oxygens (including phenoxy) is 1. The molecule has 1 unspecified atom stereocenters. The zero-order valence-electron chi connectivity index (χ0n) is 10.3.